The quantitative estimate of drug-likeness (QED) is 0.635. The molecule has 5 nitrogen and oxygen atoms in total. The summed E-state index contributed by atoms with van der Waals surface area (Å²) in [6.45, 7) is 0. The summed E-state index contributed by atoms with van der Waals surface area (Å²) in [7, 11) is -2.42. The first kappa shape index (κ1) is 19.4. The van der Waals surface area contributed by atoms with Gasteiger partial charge in [0, 0.05) is 42.7 Å². The fraction of sp³-hybridized carbons (Fsp3) is 0.333. The molecule has 2 unspecified atom stereocenters. The Bertz CT molecular complexity index is 1300. The van der Waals surface area contributed by atoms with Crippen LogP contribution in [0.15, 0.2) is 46.2 Å². The average Bonchev–Trinajstić information content (AvgIpc) is 3.20. The molecule has 2 bridgehead atoms. The molecule has 2 aliphatic heterocycles. The van der Waals surface area contributed by atoms with E-state index in [1.165, 1.54) is 6.07 Å². The topological polar surface area (TPSA) is 71.3 Å². The number of aryl methyl sites for hydroxylation is 1. The van der Waals surface area contributed by atoms with Crippen LogP contribution in [0, 0.1) is 0 Å². The van der Waals surface area contributed by atoms with Crippen LogP contribution in [0.4, 0.5) is 13.2 Å². The number of rotatable bonds is 2. The van der Waals surface area contributed by atoms with Gasteiger partial charge in [-0.15, -0.1) is 0 Å². The largest absolute Gasteiger partial charge is 0.506 e. The van der Waals surface area contributed by atoms with E-state index < -0.39 is 26.5 Å². The van der Waals surface area contributed by atoms with Crippen molar-refractivity contribution in [3.8, 4) is 5.75 Å². The Hall–Kier alpha value is -2.52. The molecule has 3 aromatic rings. The molecule has 0 aliphatic carbocycles. The first-order valence-electron chi connectivity index (χ1n) is 9.60. The van der Waals surface area contributed by atoms with E-state index in [2.05, 4.69) is 5.32 Å². The van der Waals surface area contributed by atoms with Crippen molar-refractivity contribution in [2.45, 2.75) is 47.3 Å². The van der Waals surface area contributed by atoms with Crippen LogP contribution in [0.2, 0.25) is 0 Å². The van der Waals surface area contributed by atoms with Crippen molar-refractivity contribution in [2.75, 3.05) is 0 Å². The summed E-state index contributed by atoms with van der Waals surface area (Å²) in [5, 5.41) is 14.8. The van der Waals surface area contributed by atoms with Gasteiger partial charge in [-0.3, -0.25) is 0 Å². The molecule has 1 saturated heterocycles. The predicted molar refractivity (Wildman–Crippen MR) is 104 cm³/mol. The molecular formula is C21H19F3N2O3S. The number of sulfone groups is 1. The molecule has 3 heterocycles. The Kier molecular flexibility index (Phi) is 4.05. The van der Waals surface area contributed by atoms with Crippen LogP contribution in [0.25, 0.3) is 10.9 Å². The number of aromatic nitrogens is 1. The minimum atomic E-state index is -4.65. The van der Waals surface area contributed by atoms with E-state index >= 15 is 0 Å². The number of alkyl halides is 3. The summed E-state index contributed by atoms with van der Waals surface area (Å²) in [5.41, 5.74) is 1.53. The van der Waals surface area contributed by atoms with Crippen LogP contribution in [0.1, 0.15) is 35.7 Å². The zero-order chi connectivity index (χ0) is 21.4. The van der Waals surface area contributed by atoms with Gasteiger partial charge in [-0.2, -0.15) is 13.2 Å². The summed E-state index contributed by atoms with van der Waals surface area (Å²) in [4.78, 5) is -0.680. The smallest absolute Gasteiger partial charge is 0.416 e. The molecule has 2 atom stereocenters. The highest BCUT2D eigenvalue weighted by Crippen LogP contribution is 2.44. The molecule has 1 fully saturated rings. The van der Waals surface area contributed by atoms with Crippen LogP contribution in [0.3, 0.4) is 0 Å². The molecule has 2 aliphatic rings. The Balaban J connectivity index is 1.71. The molecule has 2 N–H and O–H groups in total. The van der Waals surface area contributed by atoms with Crippen LogP contribution in [-0.4, -0.2) is 24.1 Å². The van der Waals surface area contributed by atoms with Gasteiger partial charge in [0.05, 0.1) is 20.9 Å². The van der Waals surface area contributed by atoms with Crippen molar-refractivity contribution in [3.63, 3.8) is 0 Å². The summed E-state index contributed by atoms with van der Waals surface area (Å²) in [6, 6.07) is 6.69. The number of halogens is 3. The van der Waals surface area contributed by atoms with Crippen molar-refractivity contribution >= 4 is 20.7 Å². The number of benzene rings is 2. The van der Waals surface area contributed by atoms with Crippen LogP contribution < -0.4 is 5.32 Å². The van der Waals surface area contributed by atoms with E-state index in [-0.39, 0.29) is 16.7 Å². The van der Waals surface area contributed by atoms with Gasteiger partial charge in [-0.25, -0.2) is 8.42 Å². The minimum Gasteiger partial charge on any atom is -0.506 e. The maximum Gasteiger partial charge on any atom is 0.416 e. The highest BCUT2D eigenvalue weighted by molar-refractivity contribution is 7.91. The number of hydrogen-bond acceptors (Lipinski definition) is 4. The van der Waals surface area contributed by atoms with Gasteiger partial charge in [0.25, 0.3) is 0 Å². The van der Waals surface area contributed by atoms with E-state index in [0.29, 0.717) is 23.0 Å². The maximum atomic E-state index is 13.1. The normalized spacial score (nSPS) is 21.2. The molecule has 0 amide bonds. The molecule has 0 radical (unpaired) electrons. The molecule has 2 aromatic carbocycles. The van der Waals surface area contributed by atoms with Gasteiger partial charge in [0.2, 0.25) is 9.84 Å². The molecule has 1 aromatic heterocycles. The van der Waals surface area contributed by atoms with Crippen LogP contribution >= 0.6 is 0 Å². The molecule has 0 spiro atoms. The lowest BCUT2D eigenvalue weighted by Gasteiger charge is -2.23. The van der Waals surface area contributed by atoms with Crippen molar-refractivity contribution < 1.29 is 26.7 Å². The maximum absolute atomic E-state index is 13.1. The van der Waals surface area contributed by atoms with Gasteiger partial charge in [0.1, 0.15) is 5.75 Å². The Morgan fingerprint density at radius 3 is 2.63 bits per heavy atom. The molecule has 0 saturated carbocycles. The zero-order valence-electron chi connectivity index (χ0n) is 16.0. The third kappa shape index (κ3) is 2.75. The van der Waals surface area contributed by atoms with Crippen molar-refractivity contribution in [2.24, 2.45) is 7.05 Å². The highest BCUT2D eigenvalue weighted by Gasteiger charge is 2.37. The van der Waals surface area contributed by atoms with E-state index in [1.54, 1.807) is 0 Å². The second kappa shape index (κ2) is 6.24. The number of nitrogens with zero attached hydrogens (tertiary/aromatic N) is 1. The van der Waals surface area contributed by atoms with Crippen LogP contribution in [0.5, 0.6) is 5.75 Å². The second-order valence-corrected chi connectivity index (χ2v) is 9.93. The molecule has 158 valence electrons. The van der Waals surface area contributed by atoms with Gasteiger partial charge >= 0.3 is 6.18 Å². The number of phenolic OH excluding ortho intramolecular Hbond substituents is 1. The van der Waals surface area contributed by atoms with E-state index in [0.717, 1.165) is 54.8 Å². The highest BCUT2D eigenvalue weighted by atomic mass is 32.2. The van der Waals surface area contributed by atoms with Gasteiger partial charge in [0.15, 0.2) is 0 Å². The van der Waals surface area contributed by atoms with Crippen LogP contribution in [-0.2, 0) is 29.5 Å². The summed E-state index contributed by atoms with van der Waals surface area (Å²) < 4.78 is 67.4. The molecule has 5 rings (SSSR count). The molecule has 30 heavy (non-hydrogen) atoms. The third-order valence-electron chi connectivity index (χ3n) is 6.22. The summed E-state index contributed by atoms with van der Waals surface area (Å²) >= 11 is 0. The van der Waals surface area contributed by atoms with E-state index in [9.17, 15) is 26.7 Å². The monoisotopic (exact) mass is 436 g/mol. The lowest BCUT2D eigenvalue weighted by molar-refractivity contribution is -0.137. The van der Waals surface area contributed by atoms with Crippen molar-refractivity contribution in [1.29, 1.82) is 0 Å². The van der Waals surface area contributed by atoms with E-state index in [1.807, 2.05) is 11.6 Å². The van der Waals surface area contributed by atoms with Crippen molar-refractivity contribution in [1.82, 2.24) is 9.88 Å². The Labute approximate surface area is 171 Å². The second-order valence-electron chi connectivity index (χ2n) is 7.98. The summed E-state index contributed by atoms with van der Waals surface area (Å²) in [5.74, 6) is -0.203. The zero-order valence-corrected chi connectivity index (χ0v) is 16.8. The number of nitrogens with one attached hydrogen (secondary N) is 1. The first-order valence-corrected chi connectivity index (χ1v) is 11.1. The molecule has 9 heteroatoms. The number of phenols is 1. The Morgan fingerprint density at radius 1 is 1.13 bits per heavy atom. The summed E-state index contributed by atoms with van der Waals surface area (Å²) in [6.07, 6.45) is -1.93. The predicted octanol–water partition coefficient (Wildman–Crippen LogP) is 4.08. The fourth-order valence-corrected chi connectivity index (χ4v) is 6.18. The fourth-order valence-electron chi connectivity index (χ4n) is 4.83. The van der Waals surface area contributed by atoms with Gasteiger partial charge < -0.3 is 15.0 Å². The van der Waals surface area contributed by atoms with Gasteiger partial charge in [-0.1, -0.05) is 6.07 Å². The SMILES string of the molecule is Cn1c2c(c3cc(S(=O)(=O)c4cccc(C(F)(F)F)c4)cc(O)c31)C1CCC(C2)N1. The standard InChI is InChI=1S/C21H19F3N2O3S/c1-26-17-8-12-5-6-16(25-12)19(17)15-9-14(10-18(27)20(15)26)30(28,29)13-4-2-3-11(7-13)21(22,23)24/h2-4,7,9-10,12,16,25,27H,5-6,8H2,1H3. The average molecular weight is 436 g/mol. The lowest BCUT2D eigenvalue weighted by Crippen LogP contribution is -2.32. The van der Waals surface area contributed by atoms with E-state index in [4.69, 9.17) is 0 Å². The number of hydrogen-bond donors (Lipinski definition) is 2. The number of aromatic hydroxyl groups is 1. The third-order valence-corrected chi connectivity index (χ3v) is 7.95. The van der Waals surface area contributed by atoms with Crippen molar-refractivity contribution in [3.05, 3.63) is 53.2 Å². The lowest BCUT2D eigenvalue weighted by atomic mass is 9.99. The number of fused-ring (bicyclic) bond motifs is 6. The first-order chi connectivity index (χ1) is 14.1. The Morgan fingerprint density at radius 2 is 1.90 bits per heavy atom. The minimum absolute atomic E-state index is 0.0772. The molecular weight excluding hydrogens is 417 g/mol. The van der Waals surface area contributed by atoms with Gasteiger partial charge in [-0.05, 0) is 42.7 Å².